The summed E-state index contributed by atoms with van der Waals surface area (Å²) in [6.07, 6.45) is 3.43. The third-order valence-electron chi connectivity index (χ3n) is 4.80. The fourth-order valence-corrected chi connectivity index (χ4v) is 3.37. The quantitative estimate of drug-likeness (QED) is 0.455. The predicted octanol–water partition coefficient (Wildman–Crippen LogP) is 2.33. The molecule has 0 unspecified atom stereocenters. The van der Waals surface area contributed by atoms with Gasteiger partial charge in [0, 0.05) is 24.2 Å². The number of primary amides is 1. The van der Waals surface area contributed by atoms with Gasteiger partial charge in [-0.25, -0.2) is 14.6 Å². The largest absolute Gasteiger partial charge is 0.508 e. The number of phenols is 1. The molecule has 8 heteroatoms. The number of nitrogens with two attached hydrogens (primary N) is 1. The lowest BCUT2D eigenvalue weighted by molar-refractivity contribution is 0.0995. The van der Waals surface area contributed by atoms with Crippen LogP contribution in [0.15, 0.2) is 79.3 Å². The molecule has 0 fully saturated rings. The van der Waals surface area contributed by atoms with Gasteiger partial charge in [-0.05, 0) is 17.7 Å². The Kier molecular flexibility index (Phi) is 5.23. The maximum absolute atomic E-state index is 12.2. The van der Waals surface area contributed by atoms with Crippen molar-refractivity contribution in [2.75, 3.05) is 0 Å². The smallest absolute Gasteiger partial charge is 0.252 e. The highest BCUT2D eigenvalue weighted by molar-refractivity contribution is 5.94. The fourth-order valence-electron chi connectivity index (χ4n) is 3.37. The van der Waals surface area contributed by atoms with Crippen molar-refractivity contribution in [1.82, 2.24) is 19.7 Å². The van der Waals surface area contributed by atoms with Crippen molar-refractivity contribution < 1.29 is 15.0 Å². The summed E-state index contributed by atoms with van der Waals surface area (Å²) in [4.78, 5) is 20.9. The number of aliphatic hydroxyl groups excluding tert-OH is 1. The Bertz CT molecular complexity index is 1160. The molecule has 0 aliphatic carbocycles. The Hall–Kier alpha value is -4.04. The molecule has 0 bridgehead atoms. The van der Waals surface area contributed by atoms with Gasteiger partial charge < -0.3 is 15.9 Å². The molecule has 2 aromatic carbocycles. The monoisotopic (exact) mass is 401 g/mol. The Morgan fingerprint density at radius 2 is 1.77 bits per heavy atom. The first-order valence-electron chi connectivity index (χ1n) is 9.24. The molecule has 2 atom stereocenters. The van der Waals surface area contributed by atoms with Crippen molar-refractivity contribution in [3.8, 4) is 11.7 Å². The molecule has 4 aromatic rings. The van der Waals surface area contributed by atoms with Crippen LogP contribution in [-0.2, 0) is 0 Å². The lowest BCUT2D eigenvalue weighted by Crippen LogP contribution is -2.23. The van der Waals surface area contributed by atoms with Crippen LogP contribution in [0.5, 0.6) is 5.75 Å². The zero-order chi connectivity index (χ0) is 21.1. The van der Waals surface area contributed by atoms with Gasteiger partial charge in [-0.2, -0.15) is 5.10 Å². The number of hydrogen-bond donors (Lipinski definition) is 3. The second kappa shape index (κ2) is 8.14. The molecule has 0 saturated carbocycles. The number of phenolic OH excluding ortho intramolecular Hbond substituents is 1. The van der Waals surface area contributed by atoms with E-state index in [4.69, 9.17) is 5.73 Å². The summed E-state index contributed by atoms with van der Waals surface area (Å²) in [6.45, 7) is 0. The summed E-state index contributed by atoms with van der Waals surface area (Å²) >= 11 is 0. The summed E-state index contributed by atoms with van der Waals surface area (Å²) in [5.41, 5.74) is 6.84. The standard InChI is InChI=1S/C22H19N5O3/c23-21(30)16-13-24-22(27-12-6-11-25-27)26-19(16)18(15-9-4-5-10-17(15)28)20(29)14-7-2-1-3-8-14/h1-13,18,20,28-29H,(H2,23,30)/t18-,20+/m1/s1. The van der Waals surface area contributed by atoms with E-state index >= 15 is 0 Å². The van der Waals surface area contributed by atoms with E-state index in [1.54, 1.807) is 60.9 Å². The van der Waals surface area contributed by atoms with Crippen LogP contribution in [-0.4, -0.2) is 35.9 Å². The zero-order valence-corrected chi connectivity index (χ0v) is 15.8. The number of carbonyl (C=O) groups excluding carboxylic acids is 1. The Balaban J connectivity index is 1.95. The highest BCUT2D eigenvalue weighted by Crippen LogP contribution is 2.40. The van der Waals surface area contributed by atoms with E-state index in [1.165, 1.54) is 16.9 Å². The minimum Gasteiger partial charge on any atom is -0.508 e. The first-order chi connectivity index (χ1) is 14.6. The van der Waals surface area contributed by atoms with Crippen LogP contribution >= 0.6 is 0 Å². The average molecular weight is 401 g/mol. The van der Waals surface area contributed by atoms with Gasteiger partial charge in [0.2, 0.25) is 0 Å². The van der Waals surface area contributed by atoms with Gasteiger partial charge in [-0.3, -0.25) is 4.79 Å². The first kappa shape index (κ1) is 19.3. The summed E-state index contributed by atoms with van der Waals surface area (Å²) in [5, 5.41) is 25.9. The molecular weight excluding hydrogens is 382 g/mol. The number of rotatable bonds is 6. The van der Waals surface area contributed by atoms with E-state index < -0.39 is 17.9 Å². The van der Waals surface area contributed by atoms with Crippen LogP contribution in [0.25, 0.3) is 5.95 Å². The maximum Gasteiger partial charge on any atom is 0.252 e. The number of hydrogen-bond acceptors (Lipinski definition) is 6. The molecule has 0 aliphatic heterocycles. The van der Waals surface area contributed by atoms with Crippen molar-refractivity contribution in [3.05, 3.63) is 102 Å². The molecular formula is C22H19N5O3. The average Bonchev–Trinajstić information content (AvgIpc) is 3.30. The molecule has 0 spiro atoms. The molecule has 0 aliphatic rings. The van der Waals surface area contributed by atoms with Gasteiger partial charge >= 0.3 is 0 Å². The van der Waals surface area contributed by atoms with E-state index in [2.05, 4.69) is 15.1 Å². The summed E-state index contributed by atoms with van der Waals surface area (Å²) < 4.78 is 1.44. The molecule has 2 aromatic heterocycles. The van der Waals surface area contributed by atoms with Crippen LogP contribution in [0.1, 0.15) is 39.2 Å². The van der Waals surface area contributed by atoms with Crippen LogP contribution in [0.3, 0.4) is 0 Å². The number of carbonyl (C=O) groups is 1. The van der Waals surface area contributed by atoms with Crippen LogP contribution < -0.4 is 5.73 Å². The predicted molar refractivity (Wildman–Crippen MR) is 109 cm³/mol. The van der Waals surface area contributed by atoms with Gasteiger partial charge in [0.15, 0.2) is 0 Å². The van der Waals surface area contributed by atoms with Crippen LogP contribution in [0, 0.1) is 0 Å². The number of aromatic nitrogens is 4. The summed E-state index contributed by atoms with van der Waals surface area (Å²) in [6, 6.07) is 17.3. The van der Waals surface area contributed by atoms with Gasteiger partial charge in [0.1, 0.15) is 5.75 Å². The van der Waals surface area contributed by atoms with Crippen molar-refractivity contribution in [3.63, 3.8) is 0 Å². The van der Waals surface area contributed by atoms with E-state index in [1.807, 2.05) is 6.07 Å². The Morgan fingerprint density at radius 1 is 1.03 bits per heavy atom. The molecule has 0 radical (unpaired) electrons. The second-order valence-electron chi connectivity index (χ2n) is 6.68. The third kappa shape index (κ3) is 3.63. The van der Waals surface area contributed by atoms with Crippen molar-refractivity contribution in [2.24, 2.45) is 5.73 Å². The lowest BCUT2D eigenvalue weighted by Gasteiger charge is -2.25. The number of para-hydroxylation sites is 1. The van der Waals surface area contributed by atoms with Gasteiger partial charge in [-0.15, -0.1) is 0 Å². The molecule has 4 rings (SSSR count). The second-order valence-corrected chi connectivity index (χ2v) is 6.68. The Morgan fingerprint density at radius 3 is 2.43 bits per heavy atom. The van der Waals surface area contributed by atoms with E-state index in [-0.39, 0.29) is 23.0 Å². The molecule has 2 heterocycles. The molecule has 1 amide bonds. The van der Waals surface area contributed by atoms with Crippen LogP contribution in [0.2, 0.25) is 0 Å². The highest BCUT2D eigenvalue weighted by atomic mass is 16.3. The van der Waals surface area contributed by atoms with Gasteiger partial charge in [-0.1, -0.05) is 48.5 Å². The maximum atomic E-state index is 12.2. The minimum absolute atomic E-state index is 0.0350. The SMILES string of the molecule is NC(=O)c1cnc(-n2cccn2)nc1[C@@H](c1ccccc1O)[C@@H](O)c1ccccc1. The number of amides is 1. The van der Waals surface area contributed by atoms with Gasteiger partial charge in [0.05, 0.1) is 23.3 Å². The molecule has 4 N–H and O–H groups in total. The van der Waals surface area contributed by atoms with Crippen molar-refractivity contribution >= 4 is 5.91 Å². The van der Waals surface area contributed by atoms with E-state index in [9.17, 15) is 15.0 Å². The van der Waals surface area contributed by atoms with Crippen LogP contribution in [0.4, 0.5) is 0 Å². The minimum atomic E-state index is -1.11. The topological polar surface area (TPSA) is 127 Å². The number of aromatic hydroxyl groups is 1. The van der Waals surface area contributed by atoms with E-state index in [0.29, 0.717) is 11.1 Å². The van der Waals surface area contributed by atoms with Crippen molar-refractivity contribution in [2.45, 2.75) is 12.0 Å². The Labute approximate surface area is 172 Å². The van der Waals surface area contributed by atoms with Gasteiger partial charge in [0.25, 0.3) is 11.9 Å². The normalized spacial score (nSPS) is 13.0. The number of benzene rings is 2. The molecule has 150 valence electrons. The third-order valence-corrected chi connectivity index (χ3v) is 4.80. The first-order valence-corrected chi connectivity index (χ1v) is 9.24. The number of aliphatic hydroxyl groups is 1. The fraction of sp³-hybridized carbons (Fsp3) is 0.0909. The molecule has 30 heavy (non-hydrogen) atoms. The van der Waals surface area contributed by atoms with Crippen molar-refractivity contribution in [1.29, 1.82) is 0 Å². The summed E-state index contributed by atoms with van der Waals surface area (Å²) in [7, 11) is 0. The highest BCUT2D eigenvalue weighted by Gasteiger charge is 2.32. The summed E-state index contributed by atoms with van der Waals surface area (Å²) in [5.74, 6) is -1.45. The molecule has 0 saturated heterocycles. The van der Waals surface area contributed by atoms with E-state index in [0.717, 1.165) is 0 Å². The number of nitrogens with zero attached hydrogens (tertiary/aromatic N) is 4. The lowest BCUT2D eigenvalue weighted by atomic mass is 9.84. The molecule has 8 nitrogen and oxygen atoms in total. The zero-order valence-electron chi connectivity index (χ0n) is 15.8.